The van der Waals surface area contributed by atoms with E-state index in [9.17, 15) is 0 Å². The third-order valence-corrected chi connectivity index (χ3v) is 2.10. The standard InChI is InChI=1S/C8H18.C3H8S/c1-6(2)8(5)7(3)4;1-3(2)4/h6-8H,1-5H3;3-4H,1-2H3. The molecule has 0 unspecified atom stereocenters. The molecule has 1 heteroatoms. The van der Waals surface area contributed by atoms with Crippen molar-refractivity contribution in [3.8, 4) is 0 Å². The molecule has 0 atom stereocenters. The minimum atomic E-state index is 0.528. The van der Waals surface area contributed by atoms with E-state index in [2.05, 4.69) is 47.2 Å². The minimum Gasteiger partial charge on any atom is -0.177 e. The van der Waals surface area contributed by atoms with Gasteiger partial charge in [0.2, 0.25) is 0 Å². The average Bonchev–Trinajstić information content (AvgIpc) is 1.84. The zero-order valence-electron chi connectivity index (χ0n) is 9.76. The molecule has 0 aliphatic carbocycles. The molecule has 0 aromatic heterocycles. The van der Waals surface area contributed by atoms with Gasteiger partial charge in [0.25, 0.3) is 0 Å². The van der Waals surface area contributed by atoms with Gasteiger partial charge < -0.3 is 0 Å². The molecule has 0 fully saturated rings. The molecule has 0 aromatic carbocycles. The van der Waals surface area contributed by atoms with Crippen LogP contribution in [-0.2, 0) is 0 Å². The molecule has 76 valence electrons. The normalized spacial score (nSPS) is 11.0. The number of thiol groups is 1. The lowest BCUT2D eigenvalue weighted by atomic mass is 9.88. The molecule has 0 spiro atoms. The summed E-state index contributed by atoms with van der Waals surface area (Å²) in [7, 11) is 0. The molecule has 0 aliphatic rings. The Kier molecular flexibility index (Phi) is 9.87. The van der Waals surface area contributed by atoms with E-state index >= 15 is 0 Å². The summed E-state index contributed by atoms with van der Waals surface area (Å²) in [5.74, 6) is 2.56. The Morgan fingerprint density at radius 1 is 0.667 bits per heavy atom. The molecule has 12 heavy (non-hydrogen) atoms. The highest BCUT2D eigenvalue weighted by Gasteiger charge is 2.09. The van der Waals surface area contributed by atoms with Crippen molar-refractivity contribution < 1.29 is 0 Å². The Labute approximate surface area is 84.5 Å². The summed E-state index contributed by atoms with van der Waals surface area (Å²) in [6.07, 6.45) is 0. The van der Waals surface area contributed by atoms with Crippen LogP contribution in [0.1, 0.15) is 48.5 Å². The predicted molar refractivity (Wildman–Crippen MR) is 63.0 cm³/mol. The SMILES string of the molecule is CC(C)C(C)C(C)C.CC(C)S. The Morgan fingerprint density at radius 3 is 0.833 bits per heavy atom. The van der Waals surface area contributed by atoms with Crippen molar-refractivity contribution in [2.24, 2.45) is 17.8 Å². The third kappa shape index (κ3) is 13.0. The Hall–Kier alpha value is 0.350. The zero-order chi connectivity index (χ0) is 10.3. The second-order valence-corrected chi connectivity index (χ2v) is 5.47. The molecule has 0 N–H and O–H groups in total. The van der Waals surface area contributed by atoms with E-state index in [4.69, 9.17) is 0 Å². The lowest BCUT2D eigenvalue weighted by Crippen LogP contribution is -2.10. The van der Waals surface area contributed by atoms with Gasteiger partial charge in [-0.05, 0) is 23.0 Å². The molecule has 0 aliphatic heterocycles. The van der Waals surface area contributed by atoms with Crippen molar-refractivity contribution >= 4 is 12.6 Å². The van der Waals surface area contributed by atoms with Crippen LogP contribution >= 0.6 is 12.6 Å². The van der Waals surface area contributed by atoms with Gasteiger partial charge in [-0.15, -0.1) is 0 Å². The summed E-state index contributed by atoms with van der Waals surface area (Å²) in [5, 5.41) is 0.528. The summed E-state index contributed by atoms with van der Waals surface area (Å²) in [4.78, 5) is 0. The van der Waals surface area contributed by atoms with Crippen LogP contribution in [0.25, 0.3) is 0 Å². The zero-order valence-corrected chi connectivity index (χ0v) is 10.7. The van der Waals surface area contributed by atoms with E-state index in [1.807, 2.05) is 13.8 Å². The lowest BCUT2D eigenvalue weighted by molar-refractivity contribution is 0.316. The van der Waals surface area contributed by atoms with Crippen LogP contribution in [0.3, 0.4) is 0 Å². The fraction of sp³-hybridized carbons (Fsp3) is 1.00. The van der Waals surface area contributed by atoms with Gasteiger partial charge in [-0.1, -0.05) is 48.5 Å². The topological polar surface area (TPSA) is 0 Å². The van der Waals surface area contributed by atoms with Crippen molar-refractivity contribution in [1.29, 1.82) is 0 Å². The first-order valence-corrected chi connectivity index (χ1v) is 5.48. The Bertz CT molecular complexity index is 74.3. The maximum absolute atomic E-state index is 3.97. The Morgan fingerprint density at radius 2 is 0.833 bits per heavy atom. The molecule has 0 bridgehead atoms. The van der Waals surface area contributed by atoms with Crippen LogP contribution in [0.5, 0.6) is 0 Å². The van der Waals surface area contributed by atoms with E-state index in [1.54, 1.807) is 0 Å². The second kappa shape index (κ2) is 7.97. The van der Waals surface area contributed by atoms with Crippen LogP contribution in [0.15, 0.2) is 0 Å². The van der Waals surface area contributed by atoms with Gasteiger partial charge in [-0.25, -0.2) is 0 Å². The quantitative estimate of drug-likeness (QED) is 0.618. The molecule has 0 rings (SSSR count). The molecule has 0 saturated carbocycles. The maximum atomic E-state index is 3.97. The van der Waals surface area contributed by atoms with Crippen LogP contribution in [-0.4, -0.2) is 5.25 Å². The van der Waals surface area contributed by atoms with Gasteiger partial charge in [-0.2, -0.15) is 12.6 Å². The summed E-state index contributed by atoms with van der Waals surface area (Å²) in [6.45, 7) is 15.5. The van der Waals surface area contributed by atoms with Crippen LogP contribution in [0.4, 0.5) is 0 Å². The molecular weight excluding hydrogens is 164 g/mol. The highest BCUT2D eigenvalue weighted by atomic mass is 32.1. The minimum absolute atomic E-state index is 0.528. The first-order chi connectivity index (χ1) is 5.29. The Balaban J connectivity index is 0. The smallest absolute Gasteiger partial charge is 0.00399 e. The van der Waals surface area contributed by atoms with Crippen molar-refractivity contribution in [2.75, 3.05) is 0 Å². The van der Waals surface area contributed by atoms with E-state index < -0.39 is 0 Å². The number of hydrogen-bond acceptors (Lipinski definition) is 1. The highest BCUT2D eigenvalue weighted by molar-refractivity contribution is 7.80. The van der Waals surface area contributed by atoms with E-state index in [0.717, 1.165) is 17.8 Å². The summed E-state index contributed by atoms with van der Waals surface area (Å²) in [5.41, 5.74) is 0. The fourth-order valence-electron chi connectivity index (χ4n) is 0.770. The largest absolute Gasteiger partial charge is 0.177 e. The van der Waals surface area contributed by atoms with Crippen molar-refractivity contribution in [3.63, 3.8) is 0 Å². The number of rotatable bonds is 2. The summed E-state index contributed by atoms with van der Waals surface area (Å²) in [6, 6.07) is 0. The first kappa shape index (κ1) is 14.9. The van der Waals surface area contributed by atoms with Gasteiger partial charge in [0, 0.05) is 0 Å². The van der Waals surface area contributed by atoms with E-state index in [-0.39, 0.29) is 0 Å². The van der Waals surface area contributed by atoms with Gasteiger partial charge in [-0.3, -0.25) is 0 Å². The van der Waals surface area contributed by atoms with Crippen LogP contribution in [0.2, 0.25) is 0 Å². The van der Waals surface area contributed by atoms with Crippen molar-refractivity contribution in [3.05, 3.63) is 0 Å². The van der Waals surface area contributed by atoms with E-state index in [1.165, 1.54) is 0 Å². The molecule has 0 aromatic rings. The van der Waals surface area contributed by atoms with Gasteiger partial charge in [0.15, 0.2) is 0 Å². The molecule has 0 radical (unpaired) electrons. The number of hydrogen-bond donors (Lipinski definition) is 1. The highest BCUT2D eigenvalue weighted by Crippen LogP contribution is 2.18. The average molecular weight is 190 g/mol. The first-order valence-electron chi connectivity index (χ1n) is 4.97. The van der Waals surface area contributed by atoms with Gasteiger partial charge in [0.1, 0.15) is 0 Å². The van der Waals surface area contributed by atoms with Crippen molar-refractivity contribution in [2.45, 2.75) is 53.7 Å². The van der Waals surface area contributed by atoms with E-state index in [0.29, 0.717) is 5.25 Å². The second-order valence-electron chi connectivity index (χ2n) is 4.44. The summed E-state index contributed by atoms with van der Waals surface area (Å²) < 4.78 is 0. The molecule has 0 heterocycles. The molecule has 0 saturated heterocycles. The fourth-order valence-corrected chi connectivity index (χ4v) is 0.770. The van der Waals surface area contributed by atoms with Gasteiger partial charge >= 0.3 is 0 Å². The molecule has 0 nitrogen and oxygen atoms in total. The monoisotopic (exact) mass is 190 g/mol. The molecule has 0 amide bonds. The lowest BCUT2D eigenvalue weighted by Gasteiger charge is -2.18. The van der Waals surface area contributed by atoms with Crippen molar-refractivity contribution in [1.82, 2.24) is 0 Å². The van der Waals surface area contributed by atoms with Crippen LogP contribution < -0.4 is 0 Å². The molecular formula is C11H26S. The van der Waals surface area contributed by atoms with Crippen LogP contribution in [0, 0.1) is 17.8 Å². The third-order valence-electron chi connectivity index (χ3n) is 2.10. The summed E-state index contributed by atoms with van der Waals surface area (Å²) >= 11 is 3.97. The van der Waals surface area contributed by atoms with Gasteiger partial charge in [0.05, 0.1) is 0 Å². The predicted octanol–water partition coefficient (Wildman–Crippen LogP) is 4.26. The maximum Gasteiger partial charge on any atom is -0.00399 e.